The quantitative estimate of drug-likeness (QED) is 0.711. The lowest BCUT2D eigenvalue weighted by atomic mass is 10.0. The van der Waals surface area contributed by atoms with E-state index in [4.69, 9.17) is 11.6 Å². The Morgan fingerprint density at radius 2 is 2.11 bits per heavy atom. The van der Waals surface area contributed by atoms with Gasteiger partial charge >= 0.3 is 12.2 Å². The maximum absolute atomic E-state index is 13.4. The Morgan fingerprint density at radius 3 is 2.79 bits per heavy atom. The Hall–Kier alpha value is -2.39. The third-order valence-electron chi connectivity index (χ3n) is 4.56. The first-order chi connectivity index (χ1) is 13.2. The number of rotatable bonds is 2. The second-order valence-corrected chi connectivity index (χ2v) is 6.77. The van der Waals surface area contributed by atoms with Crippen LogP contribution in [0.25, 0.3) is 0 Å². The predicted octanol–water partition coefficient (Wildman–Crippen LogP) is 4.46. The molecular weight excluding hydrogens is 400 g/mol. The Morgan fingerprint density at radius 1 is 1.36 bits per heavy atom. The maximum Gasteiger partial charge on any atom is 0.419 e. The number of carbonyl (C=O) groups is 1. The van der Waals surface area contributed by atoms with Gasteiger partial charge in [-0.05, 0) is 37.3 Å². The number of piperazine rings is 1. The van der Waals surface area contributed by atoms with Crippen molar-refractivity contribution >= 4 is 23.3 Å². The molecule has 2 amide bonds. The SMILES string of the molecule is CC1C(c2ncccc2Cl)NCCN1C(=O)Nc1ccc(F)c(C(F)(F)F)c1. The van der Waals surface area contributed by atoms with Crippen molar-refractivity contribution in [1.82, 2.24) is 15.2 Å². The monoisotopic (exact) mass is 416 g/mol. The summed E-state index contributed by atoms with van der Waals surface area (Å²) in [5.41, 5.74) is -0.996. The summed E-state index contributed by atoms with van der Waals surface area (Å²) < 4.78 is 52.0. The van der Waals surface area contributed by atoms with E-state index in [1.54, 1.807) is 25.3 Å². The lowest BCUT2D eigenvalue weighted by molar-refractivity contribution is -0.139. The molecule has 2 unspecified atom stereocenters. The van der Waals surface area contributed by atoms with E-state index < -0.39 is 23.6 Å². The minimum atomic E-state index is -4.85. The van der Waals surface area contributed by atoms with E-state index in [1.165, 1.54) is 4.90 Å². The van der Waals surface area contributed by atoms with Crippen LogP contribution in [-0.4, -0.2) is 35.0 Å². The van der Waals surface area contributed by atoms with Crippen molar-refractivity contribution in [3.05, 3.63) is 58.6 Å². The number of hydrogen-bond donors (Lipinski definition) is 2. The maximum atomic E-state index is 13.4. The highest BCUT2D eigenvalue weighted by Crippen LogP contribution is 2.33. The molecule has 1 aromatic heterocycles. The fourth-order valence-corrected chi connectivity index (χ4v) is 3.39. The lowest BCUT2D eigenvalue weighted by Crippen LogP contribution is -2.55. The van der Waals surface area contributed by atoms with Gasteiger partial charge in [-0.25, -0.2) is 9.18 Å². The lowest BCUT2D eigenvalue weighted by Gasteiger charge is -2.40. The molecule has 150 valence electrons. The van der Waals surface area contributed by atoms with Gasteiger partial charge in [0.1, 0.15) is 5.82 Å². The molecule has 1 fully saturated rings. The van der Waals surface area contributed by atoms with Gasteiger partial charge in [-0.15, -0.1) is 0 Å². The third kappa shape index (κ3) is 4.20. The molecule has 2 N–H and O–H groups in total. The van der Waals surface area contributed by atoms with Crippen LogP contribution in [0.2, 0.25) is 5.02 Å². The minimum Gasteiger partial charge on any atom is -0.319 e. The summed E-state index contributed by atoms with van der Waals surface area (Å²) in [5.74, 6) is -1.40. The van der Waals surface area contributed by atoms with Crippen molar-refractivity contribution in [1.29, 1.82) is 0 Å². The molecule has 5 nitrogen and oxygen atoms in total. The molecule has 2 atom stereocenters. The Labute approximate surface area is 163 Å². The summed E-state index contributed by atoms with van der Waals surface area (Å²) in [4.78, 5) is 18.4. The molecule has 28 heavy (non-hydrogen) atoms. The average Bonchev–Trinajstić information content (AvgIpc) is 2.63. The molecule has 1 aliphatic heterocycles. The number of halogens is 5. The summed E-state index contributed by atoms with van der Waals surface area (Å²) in [6, 6.07) is 4.41. The van der Waals surface area contributed by atoms with Crippen molar-refractivity contribution in [2.45, 2.75) is 25.2 Å². The molecule has 1 saturated heterocycles. The van der Waals surface area contributed by atoms with Crippen molar-refractivity contribution in [2.24, 2.45) is 0 Å². The molecule has 0 bridgehead atoms. The normalized spacial score (nSPS) is 20.1. The summed E-state index contributed by atoms with van der Waals surface area (Å²) in [6.07, 6.45) is -3.26. The number of hydrogen-bond acceptors (Lipinski definition) is 3. The van der Waals surface area contributed by atoms with E-state index in [9.17, 15) is 22.4 Å². The van der Waals surface area contributed by atoms with Gasteiger partial charge in [0.05, 0.1) is 28.4 Å². The van der Waals surface area contributed by atoms with Crippen molar-refractivity contribution in [2.75, 3.05) is 18.4 Å². The average molecular weight is 417 g/mol. The van der Waals surface area contributed by atoms with E-state index in [0.717, 1.165) is 6.07 Å². The third-order valence-corrected chi connectivity index (χ3v) is 4.88. The zero-order valence-corrected chi connectivity index (χ0v) is 15.5. The first-order valence-corrected chi connectivity index (χ1v) is 8.84. The number of benzene rings is 1. The fraction of sp³-hybridized carbons (Fsp3) is 0.333. The molecule has 3 rings (SSSR count). The van der Waals surface area contributed by atoms with Gasteiger partial charge in [0.2, 0.25) is 0 Å². The summed E-state index contributed by atoms with van der Waals surface area (Å²) >= 11 is 6.19. The van der Waals surface area contributed by atoms with Crippen LogP contribution in [-0.2, 0) is 6.18 Å². The molecule has 10 heteroatoms. The number of anilines is 1. The molecule has 0 radical (unpaired) electrons. The molecule has 2 heterocycles. The minimum absolute atomic E-state index is 0.142. The molecule has 0 saturated carbocycles. The zero-order chi connectivity index (χ0) is 20.5. The molecule has 1 aromatic carbocycles. The molecule has 2 aromatic rings. The number of amides is 2. The van der Waals surface area contributed by atoms with Crippen LogP contribution in [0.3, 0.4) is 0 Å². The van der Waals surface area contributed by atoms with Gasteiger partial charge in [0.25, 0.3) is 0 Å². The van der Waals surface area contributed by atoms with Crippen molar-refractivity contribution in [3.8, 4) is 0 Å². The van der Waals surface area contributed by atoms with Crippen LogP contribution in [0.1, 0.15) is 24.2 Å². The second-order valence-electron chi connectivity index (χ2n) is 6.36. The number of carbonyl (C=O) groups excluding carboxylic acids is 1. The highest BCUT2D eigenvalue weighted by atomic mass is 35.5. The van der Waals surface area contributed by atoms with Crippen LogP contribution < -0.4 is 10.6 Å². The van der Waals surface area contributed by atoms with Gasteiger partial charge in [-0.1, -0.05) is 11.6 Å². The van der Waals surface area contributed by atoms with Crippen LogP contribution in [0.4, 0.5) is 28.0 Å². The number of nitrogens with zero attached hydrogens (tertiary/aromatic N) is 2. The van der Waals surface area contributed by atoms with Crippen LogP contribution in [0.15, 0.2) is 36.5 Å². The molecule has 1 aliphatic rings. The second kappa shape index (κ2) is 7.92. The van der Waals surface area contributed by atoms with Crippen LogP contribution in [0, 0.1) is 5.82 Å². The highest BCUT2D eigenvalue weighted by molar-refractivity contribution is 6.31. The number of pyridine rings is 1. The van der Waals surface area contributed by atoms with Gasteiger partial charge in [0.15, 0.2) is 0 Å². The van der Waals surface area contributed by atoms with Crippen LogP contribution >= 0.6 is 11.6 Å². The van der Waals surface area contributed by atoms with Crippen LogP contribution in [0.5, 0.6) is 0 Å². The van der Waals surface area contributed by atoms with Crippen molar-refractivity contribution in [3.63, 3.8) is 0 Å². The Kier molecular flexibility index (Phi) is 5.76. The topological polar surface area (TPSA) is 57.3 Å². The predicted molar refractivity (Wildman–Crippen MR) is 96.6 cm³/mol. The van der Waals surface area contributed by atoms with E-state index in [0.29, 0.717) is 35.9 Å². The highest BCUT2D eigenvalue weighted by Gasteiger charge is 2.36. The largest absolute Gasteiger partial charge is 0.419 e. The molecule has 0 aliphatic carbocycles. The van der Waals surface area contributed by atoms with E-state index in [1.807, 2.05) is 0 Å². The van der Waals surface area contributed by atoms with Gasteiger partial charge in [0, 0.05) is 25.0 Å². The van der Waals surface area contributed by atoms with E-state index in [2.05, 4.69) is 15.6 Å². The number of urea groups is 1. The molecule has 0 spiro atoms. The molecular formula is C18H17ClF4N4O. The van der Waals surface area contributed by atoms with E-state index in [-0.39, 0.29) is 17.8 Å². The zero-order valence-electron chi connectivity index (χ0n) is 14.7. The van der Waals surface area contributed by atoms with Gasteiger partial charge in [-0.3, -0.25) is 4.98 Å². The Balaban J connectivity index is 1.78. The van der Waals surface area contributed by atoms with Crippen molar-refractivity contribution < 1.29 is 22.4 Å². The number of alkyl halides is 3. The fourth-order valence-electron chi connectivity index (χ4n) is 3.15. The standard InChI is InChI=1S/C18H17ClF4N4O/c1-10-15(16-13(19)3-2-6-24-16)25-7-8-27(10)17(28)26-11-4-5-14(20)12(9-11)18(21,22)23/h2-6,9-10,15,25H,7-8H2,1H3,(H,26,28). The number of aromatic nitrogens is 1. The first-order valence-electron chi connectivity index (χ1n) is 8.46. The first kappa shape index (κ1) is 20.3. The summed E-state index contributed by atoms with van der Waals surface area (Å²) in [7, 11) is 0. The van der Waals surface area contributed by atoms with Gasteiger partial charge in [-0.2, -0.15) is 13.2 Å². The van der Waals surface area contributed by atoms with Gasteiger partial charge < -0.3 is 15.5 Å². The Bertz CT molecular complexity index is 877. The van der Waals surface area contributed by atoms with E-state index >= 15 is 0 Å². The summed E-state index contributed by atoms with van der Waals surface area (Å²) in [5, 5.41) is 6.10. The summed E-state index contributed by atoms with van der Waals surface area (Å²) in [6.45, 7) is 2.57. The number of nitrogens with one attached hydrogen (secondary N) is 2. The smallest absolute Gasteiger partial charge is 0.319 e.